The van der Waals surface area contributed by atoms with Crippen LogP contribution in [0, 0.1) is 0 Å². The maximum atomic E-state index is 12.5. The minimum atomic E-state index is -0.771. The van der Waals surface area contributed by atoms with Gasteiger partial charge in [0.15, 0.2) is 0 Å². The van der Waals surface area contributed by atoms with E-state index in [-0.39, 0.29) is 18.6 Å². The first-order valence-electron chi connectivity index (χ1n) is 7.66. The second-order valence-corrected chi connectivity index (χ2v) is 5.74. The Morgan fingerprint density at radius 1 is 1.14 bits per heavy atom. The zero-order valence-electron chi connectivity index (χ0n) is 12.7. The van der Waals surface area contributed by atoms with Gasteiger partial charge in [-0.05, 0) is 13.3 Å². The molecule has 0 spiro atoms. The Kier molecular flexibility index (Phi) is 5.81. The number of carboxylic acids is 1. The molecule has 7 nitrogen and oxygen atoms in total. The van der Waals surface area contributed by atoms with Gasteiger partial charge in [0.2, 0.25) is 0 Å². The van der Waals surface area contributed by atoms with Gasteiger partial charge in [-0.2, -0.15) is 0 Å². The SMILES string of the molecule is CC1CN(C(=O)N2CCN(CCC(=O)O)CC2)CCCO1. The monoisotopic (exact) mass is 299 g/mol. The number of carboxylic acid groups (broad SMARTS) is 1. The van der Waals surface area contributed by atoms with Gasteiger partial charge in [0.1, 0.15) is 0 Å². The molecule has 7 heteroatoms. The fraction of sp³-hybridized carbons (Fsp3) is 0.857. The molecule has 0 radical (unpaired) electrons. The molecular formula is C14H25N3O4. The molecule has 1 atom stereocenters. The van der Waals surface area contributed by atoms with E-state index in [2.05, 4.69) is 4.90 Å². The Labute approximate surface area is 125 Å². The Bertz CT molecular complexity index is 369. The highest BCUT2D eigenvalue weighted by Crippen LogP contribution is 2.11. The van der Waals surface area contributed by atoms with Crippen molar-refractivity contribution in [3.05, 3.63) is 0 Å². The van der Waals surface area contributed by atoms with Crippen molar-refractivity contribution in [2.45, 2.75) is 25.9 Å². The number of hydrogen-bond acceptors (Lipinski definition) is 4. The number of rotatable bonds is 3. The molecule has 0 saturated carbocycles. The number of carbonyl (C=O) groups is 2. The molecular weight excluding hydrogens is 274 g/mol. The zero-order chi connectivity index (χ0) is 15.2. The van der Waals surface area contributed by atoms with E-state index in [0.717, 1.165) is 26.1 Å². The van der Waals surface area contributed by atoms with Gasteiger partial charge in [-0.25, -0.2) is 4.79 Å². The highest BCUT2D eigenvalue weighted by atomic mass is 16.5. The van der Waals surface area contributed by atoms with Gasteiger partial charge in [0.05, 0.1) is 12.5 Å². The van der Waals surface area contributed by atoms with E-state index in [1.165, 1.54) is 0 Å². The van der Waals surface area contributed by atoms with Crippen molar-refractivity contribution in [1.29, 1.82) is 0 Å². The number of piperazine rings is 1. The van der Waals surface area contributed by atoms with Gasteiger partial charge in [0.25, 0.3) is 0 Å². The Balaban J connectivity index is 1.78. The summed E-state index contributed by atoms with van der Waals surface area (Å²) in [5.74, 6) is -0.771. The molecule has 2 amide bonds. The number of ether oxygens (including phenoxy) is 1. The minimum Gasteiger partial charge on any atom is -0.481 e. The maximum absolute atomic E-state index is 12.5. The van der Waals surface area contributed by atoms with Crippen LogP contribution in [0.25, 0.3) is 0 Å². The molecule has 0 aromatic heterocycles. The molecule has 1 unspecified atom stereocenters. The largest absolute Gasteiger partial charge is 0.481 e. The third kappa shape index (κ3) is 4.86. The first-order valence-corrected chi connectivity index (χ1v) is 7.66. The van der Waals surface area contributed by atoms with Gasteiger partial charge < -0.3 is 19.6 Å². The fourth-order valence-electron chi connectivity index (χ4n) is 2.78. The van der Waals surface area contributed by atoms with E-state index in [0.29, 0.717) is 32.8 Å². The Hall–Kier alpha value is -1.34. The molecule has 0 aromatic rings. The van der Waals surface area contributed by atoms with Crippen LogP contribution in [-0.4, -0.2) is 90.3 Å². The van der Waals surface area contributed by atoms with Gasteiger partial charge in [-0.1, -0.05) is 0 Å². The van der Waals surface area contributed by atoms with Crippen molar-refractivity contribution in [3.8, 4) is 0 Å². The van der Waals surface area contributed by atoms with Crippen molar-refractivity contribution in [1.82, 2.24) is 14.7 Å². The van der Waals surface area contributed by atoms with E-state index in [4.69, 9.17) is 9.84 Å². The van der Waals surface area contributed by atoms with Crippen LogP contribution in [0.15, 0.2) is 0 Å². The topological polar surface area (TPSA) is 73.3 Å². The summed E-state index contributed by atoms with van der Waals surface area (Å²) in [4.78, 5) is 28.9. The summed E-state index contributed by atoms with van der Waals surface area (Å²) in [5.41, 5.74) is 0. The van der Waals surface area contributed by atoms with Crippen molar-refractivity contribution < 1.29 is 19.4 Å². The molecule has 0 bridgehead atoms. The molecule has 0 aliphatic carbocycles. The van der Waals surface area contributed by atoms with Gasteiger partial charge >= 0.3 is 12.0 Å². The van der Waals surface area contributed by atoms with Gasteiger partial charge in [0, 0.05) is 52.4 Å². The maximum Gasteiger partial charge on any atom is 0.320 e. The molecule has 2 aliphatic heterocycles. The summed E-state index contributed by atoms with van der Waals surface area (Å²) in [6.07, 6.45) is 1.14. The third-order valence-corrected chi connectivity index (χ3v) is 4.01. The average Bonchev–Trinajstić information content (AvgIpc) is 2.69. The predicted molar refractivity (Wildman–Crippen MR) is 77.3 cm³/mol. The summed E-state index contributed by atoms with van der Waals surface area (Å²) >= 11 is 0. The molecule has 2 aliphatic rings. The highest BCUT2D eigenvalue weighted by Gasteiger charge is 2.27. The number of carbonyl (C=O) groups excluding carboxylic acids is 1. The summed E-state index contributed by atoms with van der Waals surface area (Å²) in [6.45, 7) is 7.52. The lowest BCUT2D eigenvalue weighted by Gasteiger charge is -2.37. The summed E-state index contributed by atoms with van der Waals surface area (Å²) in [7, 11) is 0. The standard InChI is InChI=1S/C14H25N3O4/c1-12-11-17(4-2-10-21-12)14(20)16-8-6-15(7-9-16)5-3-13(18)19/h12H,2-11H2,1H3,(H,18,19). The lowest BCUT2D eigenvalue weighted by molar-refractivity contribution is -0.137. The molecule has 2 saturated heterocycles. The van der Waals surface area contributed by atoms with Crippen molar-refractivity contribution in [3.63, 3.8) is 0 Å². The van der Waals surface area contributed by atoms with Crippen molar-refractivity contribution >= 4 is 12.0 Å². The minimum absolute atomic E-state index is 0.0882. The number of hydrogen-bond donors (Lipinski definition) is 1. The lowest BCUT2D eigenvalue weighted by atomic mass is 10.3. The molecule has 1 N–H and O–H groups in total. The molecule has 0 aromatic carbocycles. The zero-order valence-corrected chi connectivity index (χ0v) is 12.7. The fourth-order valence-corrected chi connectivity index (χ4v) is 2.78. The highest BCUT2D eigenvalue weighted by molar-refractivity contribution is 5.74. The first-order chi connectivity index (χ1) is 10.1. The Morgan fingerprint density at radius 3 is 2.52 bits per heavy atom. The van der Waals surface area contributed by atoms with E-state index in [1.807, 2.05) is 16.7 Å². The number of nitrogens with zero attached hydrogens (tertiary/aromatic N) is 3. The van der Waals surface area contributed by atoms with Crippen LogP contribution in [0.4, 0.5) is 4.79 Å². The van der Waals surface area contributed by atoms with Crippen LogP contribution in [-0.2, 0) is 9.53 Å². The molecule has 2 heterocycles. The quantitative estimate of drug-likeness (QED) is 0.812. The first kappa shape index (κ1) is 16.0. The summed E-state index contributed by atoms with van der Waals surface area (Å²) < 4.78 is 5.57. The molecule has 21 heavy (non-hydrogen) atoms. The molecule has 2 rings (SSSR count). The van der Waals surface area contributed by atoms with Crippen LogP contribution in [0.3, 0.4) is 0 Å². The van der Waals surface area contributed by atoms with E-state index < -0.39 is 5.97 Å². The van der Waals surface area contributed by atoms with Crippen LogP contribution in [0.5, 0.6) is 0 Å². The van der Waals surface area contributed by atoms with Crippen LogP contribution < -0.4 is 0 Å². The van der Waals surface area contributed by atoms with Gasteiger partial charge in [-0.15, -0.1) is 0 Å². The molecule has 2 fully saturated rings. The van der Waals surface area contributed by atoms with Crippen LogP contribution >= 0.6 is 0 Å². The number of amides is 2. The average molecular weight is 299 g/mol. The van der Waals surface area contributed by atoms with Crippen molar-refractivity contribution in [2.24, 2.45) is 0 Å². The third-order valence-electron chi connectivity index (χ3n) is 4.01. The summed E-state index contributed by atoms with van der Waals surface area (Å²) in [5, 5.41) is 8.70. The predicted octanol–water partition coefficient (Wildman–Crippen LogP) is 0.310. The lowest BCUT2D eigenvalue weighted by Crippen LogP contribution is -2.53. The second-order valence-electron chi connectivity index (χ2n) is 5.74. The second kappa shape index (κ2) is 7.61. The van der Waals surface area contributed by atoms with Crippen LogP contribution in [0.1, 0.15) is 19.8 Å². The summed E-state index contributed by atoms with van der Waals surface area (Å²) in [6, 6.07) is 0.0882. The molecule has 120 valence electrons. The van der Waals surface area contributed by atoms with E-state index >= 15 is 0 Å². The van der Waals surface area contributed by atoms with Gasteiger partial charge in [-0.3, -0.25) is 9.69 Å². The van der Waals surface area contributed by atoms with E-state index in [1.54, 1.807) is 0 Å². The number of urea groups is 1. The Morgan fingerprint density at radius 2 is 1.86 bits per heavy atom. The van der Waals surface area contributed by atoms with Crippen molar-refractivity contribution in [2.75, 3.05) is 52.4 Å². The normalized spacial score (nSPS) is 24.7. The smallest absolute Gasteiger partial charge is 0.320 e. The number of aliphatic carboxylic acids is 1. The van der Waals surface area contributed by atoms with Crippen LogP contribution in [0.2, 0.25) is 0 Å². The van der Waals surface area contributed by atoms with E-state index in [9.17, 15) is 9.59 Å².